The fourth-order valence-electron chi connectivity index (χ4n) is 2.37. The molecule has 0 amide bonds. The van der Waals surface area contributed by atoms with Gasteiger partial charge in [-0.25, -0.2) is 0 Å². The average molecular weight is 351 g/mol. The molecule has 0 fully saturated rings. The maximum absolute atomic E-state index is 6.09. The van der Waals surface area contributed by atoms with Gasteiger partial charge >= 0.3 is 0 Å². The zero-order valence-electron chi connectivity index (χ0n) is 13.4. The molecule has 0 aliphatic heterocycles. The van der Waals surface area contributed by atoms with Crippen LogP contribution in [0.15, 0.2) is 22.7 Å². The smallest absolute Gasteiger partial charge is 0.131 e. The molecule has 0 spiro atoms. The Hall–Kier alpha value is -1.29. The van der Waals surface area contributed by atoms with Gasteiger partial charge in [0.25, 0.3) is 0 Å². The maximum Gasteiger partial charge on any atom is 0.131 e. The van der Waals surface area contributed by atoms with Crippen molar-refractivity contribution < 1.29 is 4.74 Å². The minimum atomic E-state index is 0.446. The fourth-order valence-corrected chi connectivity index (χ4v) is 3.10. The van der Waals surface area contributed by atoms with Crippen molar-refractivity contribution in [2.24, 2.45) is 7.05 Å². The molecule has 2 aromatic rings. The molecule has 114 valence electrons. The number of halogens is 1. The van der Waals surface area contributed by atoms with Gasteiger partial charge in [-0.2, -0.15) is 5.10 Å². The van der Waals surface area contributed by atoms with E-state index in [1.54, 1.807) is 0 Å². The predicted octanol–water partition coefficient (Wildman–Crippen LogP) is 4.76. The summed E-state index contributed by atoms with van der Waals surface area (Å²) in [7, 11) is 1.96. The van der Waals surface area contributed by atoms with E-state index in [-0.39, 0.29) is 0 Å². The van der Waals surface area contributed by atoms with Crippen LogP contribution < -0.4 is 4.74 Å². The number of hydrogen-bond donors (Lipinski definition) is 0. The van der Waals surface area contributed by atoms with Gasteiger partial charge in [-0.3, -0.25) is 4.68 Å². The van der Waals surface area contributed by atoms with Crippen molar-refractivity contribution in [1.29, 1.82) is 0 Å². The van der Waals surface area contributed by atoms with E-state index < -0.39 is 0 Å². The van der Waals surface area contributed by atoms with Gasteiger partial charge < -0.3 is 4.74 Å². The number of hydrogen-bond acceptors (Lipinski definition) is 2. The third-order valence-corrected chi connectivity index (χ3v) is 4.57. The SMILES string of the molecule is CCc1nn(C)c(COc2cc(C)ccc2C(C)C)c1Br. The van der Waals surface area contributed by atoms with E-state index in [4.69, 9.17) is 4.74 Å². The number of benzene rings is 1. The van der Waals surface area contributed by atoms with Gasteiger partial charge in [0.2, 0.25) is 0 Å². The molecule has 0 saturated carbocycles. The van der Waals surface area contributed by atoms with Crippen LogP contribution in [0.1, 0.15) is 49.2 Å². The van der Waals surface area contributed by atoms with Crippen LogP contribution >= 0.6 is 15.9 Å². The summed E-state index contributed by atoms with van der Waals surface area (Å²) in [4.78, 5) is 0. The lowest BCUT2D eigenvalue weighted by Gasteiger charge is -2.15. The Morgan fingerprint density at radius 2 is 2.05 bits per heavy atom. The van der Waals surface area contributed by atoms with Gasteiger partial charge in [0.15, 0.2) is 0 Å². The van der Waals surface area contributed by atoms with E-state index in [1.807, 2.05) is 11.7 Å². The van der Waals surface area contributed by atoms with Gasteiger partial charge in [0.05, 0.1) is 15.9 Å². The summed E-state index contributed by atoms with van der Waals surface area (Å²) < 4.78 is 9.05. The van der Waals surface area contributed by atoms with Gasteiger partial charge in [-0.15, -0.1) is 0 Å². The monoisotopic (exact) mass is 350 g/mol. The lowest BCUT2D eigenvalue weighted by atomic mass is 10.0. The second kappa shape index (κ2) is 6.65. The van der Waals surface area contributed by atoms with Gasteiger partial charge in [-0.05, 0) is 52.4 Å². The van der Waals surface area contributed by atoms with Crippen molar-refractivity contribution in [1.82, 2.24) is 9.78 Å². The predicted molar refractivity (Wildman–Crippen MR) is 89.9 cm³/mol. The number of ether oxygens (including phenoxy) is 1. The molecule has 0 bridgehead atoms. The first-order chi connectivity index (χ1) is 9.93. The molecule has 3 nitrogen and oxygen atoms in total. The first kappa shape index (κ1) is 16.1. The Morgan fingerprint density at radius 1 is 1.33 bits per heavy atom. The van der Waals surface area contributed by atoms with Gasteiger partial charge in [0, 0.05) is 7.05 Å². The lowest BCUT2D eigenvalue weighted by molar-refractivity contribution is 0.290. The zero-order valence-corrected chi connectivity index (χ0v) is 15.0. The Bertz CT molecular complexity index is 632. The Labute approximate surface area is 135 Å². The van der Waals surface area contributed by atoms with Crippen molar-refractivity contribution in [3.05, 3.63) is 45.2 Å². The molecule has 1 aromatic carbocycles. The topological polar surface area (TPSA) is 27.1 Å². The molecular formula is C17H23BrN2O. The standard InChI is InChI=1S/C17H23BrN2O/c1-6-14-17(18)15(20(5)19-14)10-21-16-9-12(4)7-8-13(16)11(2)3/h7-9,11H,6,10H2,1-5H3. The average Bonchev–Trinajstić information content (AvgIpc) is 2.71. The summed E-state index contributed by atoms with van der Waals surface area (Å²) in [6.45, 7) is 9.09. The molecule has 0 N–H and O–H groups in total. The van der Waals surface area contributed by atoms with Gasteiger partial charge in [0.1, 0.15) is 12.4 Å². The normalized spacial score (nSPS) is 11.2. The quantitative estimate of drug-likeness (QED) is 0.777. The van der Waals surface area contributed by atoms with E-state index in [1.165, 1.54) is 11.1 Å². The van der Waals surface area contributed by atoms with E-state index in [2.05, 4.69) is 66.9 Å². The Kier molecular flexibility index (Phi) is 5.09. The van der Waals surface area contributed by atoms with Crippen molar-refractivity contribution in [3.8, 4) is 5.75 Å². The second-order valence-corrected chi connectivity index (χ2v) is 6.46. The van der Waals surface area contributed by atoms with Crippen LogP contribution in [0.4, 0.5) is 0 Å². The van der Waals surface area contributed by atoms with Crippen LogP contribution in [0.3, 0.4) is 0 Å². The molecule has 1 aromatic heterocycles. The summed E-state index contributed by atoms with van der Waals surface area (Å²) >= 11 is 3.63. The molecule has 0 aliphatic carbocycles. The fraction of sp³-hybridized carbons (Fsp3) is 0.471. The van der Waals surface area contributed by atoms with Crippen molar-refractivity contribution in [2.75, 3.05) is 0 Å². The van der Waals surface area contributed by atoms with Crippen LogP contribution in [0.25, 0.3) is 0 Å². The molecule has 0 atom stereocenters. The molecule has 2 rings (SSSR count). The summed E-state index contributed by atoms with van der Waals surface area (Å²) in [5.74, 6) is 1.41. The Balaban J connectivity index is 2.24. The summed E-state index contributed by atoms with van der Waals surface area (Å²) in [5, 5.41) is 4.51. The van der Waals surface area contributed by atoms with Crippen LogP contribution in [-0.4, -0.2) is 9.78 Å². The minimum absolute atomic E-state index is 0.446. The highest BCUT2D eigenvalue weighted by Gasteiger charge is 2.14. The number of aromatic nitrogens is 2. The number of aryl methyl sites for hydroxylation is 3. The van der Waals surface area contributed by atoms with E-state index in [0.717, 1.165) is 28.0 Å². The first-order valence-electron chi connectivity index (χ1n) is 7.37. The van der Waals surface area contributed by atoms with Crippen molar-refractivity contribution in [2.45, 2.75) is 46.6 Å². The van der Waals surface area contributed by atoms with Crippen molar-refractivity contribution >= 4 is 15.9 Å². The highest BCUT2D eigenvalue weighted by molar-refractivity contribution is 9.10. The van der Waals surface area contributed by atoms with Crippen LogP contribution in [0.5, 0.6) is 5.75 Å². The van der Waals surface area contributed by atoms with E-state index >= 15 is 0 Å². The lowest BCUT2D eigenvalue weighted by Crippen LogP contribution is -2.05. The van der Waals surface area contributed by atoms with Crippen LogP contribution in [0.2, 0.25) is 0 Å². The molecule has 21 heavy (non-hydrogen) atoms. The molecule has 0 aliphatic rings. The molecule has 0 saturated heterocycles. The van der Waals surface area contributed by atoms with Crippen LogP contribution in [-0.2, 0) is 20.1 Å². The zero-order chi connectivity index (χ0) is 15.6. The molecule has 0 radical (unpaired) electrons. The highest BCUT2D eigenvalue weighted by atomic mass is 79.9. The second-order valence-electron chi connectivity index (χ2n) is 5.67. The maximum atomic E-state index is 6.09. The summed E-state index contributed by atoms with van der Waals surface area (Å²) in [6.07, 6.45) is 0.913. The minimum Gasteiger partial charge on any atom is -0.487 e. The first-order valence-corrected chi connectivity index (χ1v) is 8.16. The molecule has 4 heteroatoms. The third-order valence-electron chi connectivity index (χ3n) is 3.66. The van der Waals surface area contributed by atoms with Crippen molar-refractivity contribution in [3.63, 3.8) is 0 Å². The van der Waals surface area contributed by atoms with Gasteiger partial charge in [-0.1, -0.05) is 32.9 Å². The van der Waals surface area contributed by atoms with E-state index in [9.17, 15) is 0 Å². The Morgan fingerprint density at radius 3 is 2.62 bits per heavy atom. The van der Waals surface area contributed by atoms with E-state index in [0.29, 0.717) is 12.5 Å². The molecule has 0 unspecified atom stereocenters. The highest BCUT2D eigenvalue weighted by Crippen LogP contribution is 2.29. The molecule has 1 heterocycles. The third kappa shape index (κ3) is 3.49. The summed E-state index contributed by atoms with van der Waals surface area (Å²) in [5.41, 5.74) is 4.61. The summed E-state index contributed by atoms with van der Waals surface area (Å²) in [6, 6.07) is 6.41. The van der Waals surface area contributed by atoms with Crippen LogP contribution in [0, 0.1) is 6.92 Å². The number of nitrogens with zero attached hydrogens (tertiary/aromatic N) is 2. The molecular weight excluding hydrogens is 328 g/mol. The number of rotatable bonds is 5. The largest absolute Gasteiger partial charge is 0.487 e.